The molecule has 13 heteroatoms. The number of rotatable bonds is 6. The topological polar surface area (TPSA) is 178 Å². The van der Waals surface area contributed by atoms with Crippen LogP contribution >= 0.6 is 0 Å². The summed E-state index contributed by atoms with van der Waals surface area (Å²) in [6.07, 6.45) is 3.72. The molecule has 4 aliphatic rings. The molecule has 0 aromatic carbocycles. The largest absolute Gasteiger partial charge is 0.456 e. The van der Waals surface area contributed by atoms with Crippen LogP contribution in [0.25, 0.3) is 0 Å². The standard InChI is InChI=1S/C43H69NO12/c1-10-30-18-24(2)17-25(3)19-36(53-8)39-37(54-9)21-27(5)43(51,56-39)40(48)41(49)44-16-12-11-13-31(44)42(50)55-38(28(6)33(46)23-34(30)47)26(4)20-29-14-15-32(45)35(22-29)52-7/h18,20,25,27-33,35-39,45-46,51H,10-17,19,21-23H2,1-9H3/b24-18?,26-20+/t25-,27+,28+,29-,30+,31-,32-,33-,35+,36-,37-,38+,39+,43+/m0/s1. The molecule has 0 radical (unpaired) electrons. The van der Waals surface area contributed by atoms with Gasteiger partial charge in [-0.05, 0) is 95.5 Å². The summed E-state index contributed by atoms with van der Waals surface area (Å²) in [5.74, 6) is -7.50. The molecule has 2 saturated heterocycles. The molecule has 13 nitrogen and oxygen atoms in total. The summed E-state index contributed by atoms with van der Waals surface area (Å²) in [6, 6.07) is -1.13. The number of nitrogens with zero attached hydrogens (tertiary/aromatic N) is 1. The van der Waals surface area contributed by atoms with Crippen molar-refractivity contribution in [3.8, 4) is 0 Å². The summed E-state index contributed by atoms with van der Waals surface area (Å²) in [5.41, 5.74) is 1.66. The Hall–Kier alpha value is -2.52. The third kappa shape index (κ3) is 10.7. The lowest BCUT2D eigenvalue weighted by Crippen LogP contribution is -2.64. The SMILES string of the molecule is CC[C@@H]1C=C(C)C[C@H](C)C[C@H](OC)[C@H]2O[C@@](O)(C(=O)C(=O)N3CCCC[C@H]3C(=O)O[C@H](/C(C)=C/[C@@H]3CC[C@H](O)[C@H](OC)C3)[C@H](C)[C@@H](O)CC1=O)[C@H](C)C[C@@H]2OC. The van der Waals surface area contributed by atoms with E-state index >= 15 is 0 Å². The van der Waals surface area contributed by atoms with Crippen LogP contribution in [0.15, 0.2) is 23.3 Å². The molecule has 2 bridgehead atoms. The first-order chi connectivity index (χ1) is 26.5. The van der Waals surface area contributed by atoms with Gasteiger partial charge < -0.3 is 43.9 Å². The van der Waals surface area contributed by atoms with E-state index in [-0.39, 0.29) is 49.5 Å². The Balaban J connectivity index is 1.76. The van der Waals surface area contributed by atoms with Gasteiger partial charge in [0, 0.05) is 52.0 Å². The van der Waals surface area contributed by atoms with E-state index in [1.54, 1.807) is 21.0 Å². The van der Waals surface area contributed by atoms with Crippen molar-refractivity contribution in [3.05, 3.63) is 23.3 Å². The predicted octanol–water partition coefficient (Wildman–Crippen LogP) is 4.47. The maximum atomic E-state index is 14.3. The number of ketones is 2. The molecule has 1 aliphatic carbocycles. The maximum Gasteiger partial charge on any atom is 0.329 e. The van der Waals surface area contributed by atoms with Crippen LogP contribution in [-0.2, 0) is 42.9 Å². The molecule has 3 heterocycles. The van der Waals surface area contributed by atoms with Crippen molar-refractivity contribution in [2.24, 2.45) is 29.6 Å². The Bertz CT molecular complexity index is 1430. The van der Waals surface area contributed by atoms with Crippen LogP contribution in [0.2, 0.25) is 0 Å². The van der Waals surface area contributed by atoms with Gasteiger partial charge >= 0.3 is 5.97 Å². The number of aliphatic hydroxyl groups is 3. The van der Waals surface area contributed by atoms with Gasteiger partial charge in [-0.25, -0.2) is 4.79 Å². The van der Waals surface area contributed by atoms with Crippen LogP contribution in [-0.4, -0.2) is 126 Å². The average molecular weight is 792 g/mol. The molecule has 0 aromatic rings. The number of carbonyl (C=O) groups is 4. The molecule has 14 atom stereocenters. The van der Waals surface area contributed by atoms with Crippen LogP contribution in [0.5, 0.6) is 0 Å². The molecule has 0 aromatic heterocycles. The first-order valence-corrected chi connectivity index (χ1v) is 20.8. The number of allylic oxidation sites excluding steroid dienone is 3. The Morgan fingerprint density at radius 2 is 1.57 bits per heavy atom. The number of hydrogen-bond acceptors (Lipinski definition) is 12. The van der Waals surface area contributed by atoms with Crippen LogP contribution < -0.4 is 0 Å². The van der Waals surface area contributed by atoms with Gasteiger partial charge in [0.1, 0.15) is 24.0 Å². The molecule has 4 rings (SSSR count). The average Bonchev–Trinajstić information content (AvgIpc) is 3.18. The van der Waals surface area contributed by atoms with Crippen LogP contribution in [0.1, 0.15) is 112 Å². The monoisotopic (exact) mass is 791 g/mol. The predicted molar refractivity (Wildman–Crippen MR) is 208 cm³/mol. The number of aliphatic hydroxyl groups excluding tert-OH is 2. The van der Waals surface area contributed by atoms with Crippen LogP contribution in [0, 0.1) is 29.6 Å². The van der Waals surface area contributed by atoms with Gasteiger partial charge in [0.15, 0.2) is 0 Å². The molecule has 3 aliphatic heterocycles. The van der Waals surface area contributed by atoms with Crippen molar-refractivity contribution in [1.29, 1.82) is 0 Å². The first-order valence-electron chi connectivity index (χ1n) is 20.8. The van der Waals surface area contributed by atoms with Gasteiger partial charge in [-0.15, -0.1) is 0 Å². The van der Waals surface area contributed by atoms with E-state index in [4.69, 9.17) is 23.7 Å². The van der Waals surface area contributed by atoms with Crippen molar-refractivity contribution in [2.75, 3.05) is 27.9 Å². The number of ether oxygens (including phenoxy) is 5. The van der Waals surface area contributed by atoms with Crippen molar-refractivity contribution < 1.29 is 58.2 Å². The van der Waals surface area contributed by atoms with E-state index in [2.05, 4.69) is 6.92 Å². The van der Waals surface area contributed by atoms with Gasteiger partial charge in [-0.2, -0.15) is 0 Å². The molecule has 318 valence electrons. The number of esters is 1. The zero-order valence-corrected chi connectivity index (χ0v) is 35.1. The van der Waals surface area contributed by atoms with E-state index in [1.165, 1.54) is 19.1 Å². The van der Waals surface area contributed by atoms with Crippen molar-refractivity contribution in [1.82, 2.24) is 4.90 Å². The highest BCUT2D eigenvalue weighted by Crippen LogP contribution is 2.39. The van der Waals surface area contributed by atoms with Gasteiger partial charge in [-0.3, -0.25) is 14.4 Å². The minimum atomic E-state index is -2.50. The third-order valence-electron chi connectivity index (χ3n) is 12.9. The van der Waals surface area contributed by atoms with E-state index < -0.39 is 83.9 Å². The lowest BCUT2D eigenvalue weighted by molar-refractivity contribution is -0.302. The number of methoxy groups -OCH3 is 3. The number of cyclic esters (lactones) is 1. The normalized spacial score (nSPS) is 40.6. The highest BCUT2D eigenvalue weighted by atomic mass is 16.7. The quantitative estimate of drug-likeness (QED) is 0.196. The van der Waals surface area contributed by atoms with Gasteiger partial charge in [-0.1, -0.05) is 45.4 Å². The van der Waals surface area contributed by atoms with Gasteiger partial charge in [0.2, 0.25) is 5.79 Å². The van der Waals surface area contributed by atoms with Gasteiger partial charge in [0.25, 0.3) is 11.7 Å². The molecule has 0 unspecified atom stereocenters. The number of hydrogen-bond donors (Lipinski definition) is 3. The van der Waals surface area contributed by atoms with Crippen molar-refractivity contribution in [3.63, 3.8) is 0 Å². The summed E-state index contributed by atoms with van der Waals surface area (Å²) >= 11 is 0. The van der Waals surface area contributed by atoms with E-state index in [9.17, 15) is 34.5 Å². The third-order valence-corrected chi connectivity index (χ3v) is 12.9. The van der Waals surface area contributed by atoms with Crippen molar-refractivity contribution >= 4 is 23.4 Å². The zero-order valence-electron chi connectivity index (χ0n) is 35.1. The molecular weight excluding hydrogens is 722 g/mol. The number of piperidine rings is 1. The van der Waals surface area contributed by atoms with Gasteiger partial charge in [0.05, 0.1) is 30.5 Å². The fourth-order valence-electron chi connectivity index (χ4n) is 9.39. The molecule has 1 saturated carbocycles. The summed E-state index contributed by atoms with van der Waals surface area (Å²) < 4.78 is 29.7. The summed E-state index contributed by atoms with van der Waals surface area (Å²) in [6.45, 7) is 11.3. The zero-order chi connectivity index (χ0) is 41.5. The molecule has 3 N–H and O–H groups in total. The summed E-state index contributed by atoms with van der Waals surface area (Å²) in [7, 11) is 4.63. The van der Waals surface area contributed by atoms with E-state index in [0.717, 1.165) is 5.57 Å². The second kappa shape index (κ2) is 20.4. The number of fused-ring (bicyclic) bond motifs is 3. The second-order valence-electron chi connectivity index (χ2n) is 17.2. The highest BCUT2D eigenvalue weighted by Gasteiger charge is 2.56. The van der Waals surface area contributed by atoms with E-state index in [1.807, 2.05) is 32.9 Å². The minimum absolute atomic E-state index is 0.000914. The molecule has 1 amide bonds. The Labute approximate surface area is 333 Å². The Morgan fingerprint density at radius 3 is 2.21 bits per heavy atom. The van der Waals surface area contributed by atoms with Crippen LogP contribution in [0.4, 0.5) is 0 Å². The lowest BCUT2D eigenvalue weighted by Gasteiger charge is -2.47. The maximum absolute atomic E-state index is 14.3. The highest BCUT2D eigenvalue weighted by molar-refractivity contribution is 6.39. The number of Topliss-reactive ketones (excluding diaryl/α,β-unsaturated/α-hetero) is 2. The van der Waals surface area contributed by atoms with Crippen LogP contribution in [0.3, 0.4) is 0 Å². The minimum Gasteiger partial charge on any atom is -0.456 e. The number of amides is 1. The van der Waals surface area contributed by atoms with E-state index in [0.29, 0.717) is 56.9 Å². The summed E-state index contributed by atoms with van der Waals surface area (Å²) in [5, 5.41) is 34.1. The fraction of sp³-hybridized carbons (Fsp3) is 0.814. The first kappa shape index (κ1) is 46.2. The Morgan fingerprint density at radius 1 is 0.911 bits per heavy atom. The molecule has 3 fully saturated rings. The lowest BCUT2D eigenvalue weighted by atomic mass is 9.81. The second-order valence-corrected chi connectivity index (χ2v) is 17.2. The number of carbonyl (C=O) groups excluding carboxylic acids is 4. The van der Waals surface area contributed by atoms with Crippen molar-refractivity contribution in [2.45, 2.75) is 167 Å². The molecule has 0 spiro atoms. The fourth-order valence-corrected chi connectivity index (χ4v) is 9.39. The molecular formula is C43H69NO12. The molecule has 56 heavy (non-hydrogen) atoms. The smallest absolute Gasteiger partial charge is 0.329 e. The summed E-state index contributed by atoms with van der Waals surface area (Å²) in [4.78, 5) is 57.6. The Kier molecular flexibility index (Phi) is 16.9.